The average molecular weight is 528 g/mol. The highest BCUT2D eigenvalue weighted by Gasteiger charge is 2.18. The number of nitrogens with zero attached hydrogens (tertiary/aromatic N) is 1. The van der Waals surface area contributed by atoms with Crippen LogP contribution >= 0.6 is 23.2 Å². The first-order valence-corrected chi connectivity index (χ1v) is 12.1. The molecular weight excluding hydrogens is 497 g/mol. The number of benzene rings is 2. The van der Waals surface area contributed by atoms with Crippen LogP contribution in [0.25, 0.3) is 0 Å². The minimum Gasteiger partial charge on any atom is -0.492 e. The molecule has 10 heteroatoms. The van der Waals surface area contributed by atoms with Crippen LogP contribution in [0.5, 0.6) is 5.75 Å². The van der Waals surface area contributed by atoms with Crippen molar-refractivity contribution >= 4 is 35.3 Å². The van der Waals surface area contributed by atoms with E-state index in [1.807, 2.05) is 0 Å². The molecular formula is C25H31Cl2NO7. The summed E-state index contributed by atoms with van der Waals surface area (Å²) < 4.78 is 21.8. The lowest BCUT2D eigenvalue weighted by Crippen LogP contribution is -2.37. The molecule has 192 valence electrons. The van der Waals surface area contributed by atoms with Crippen LogP contribution in [0.1, 0.15) is 25.0 Å². The molecule has 0 aromatic heterocycles. The van der Waals surface area contributed by atoms with Crippen molar-refractivity contribution in [3.63, 3.8) is 0 Å². The number of rotatable bonds is 15. The number of carbonyl (C=O) groups is 2. The number of ether oxygens (including phenoxy) is 4. The molecule has 2 aromatic carbocycles. The van der Waals surface area contributed by atoms with Crippen LogP contribution < -0.4 is 4.74 Å². The standard InChI is InChI=1S/C25H31Cl2NO7/c1-3-33-23(24(29)30)15-18-5-7-22(8-6-18)35-12-10-28(25(31)34-4-2)9-11-32-17-19-13-20(26)16-21(27)14-19/h5-8,13-14,16,23H,3-4,9-12,15,17H2,1-2H3,(H,29,30). The number of carboxylic acids is 1. The van der Waals surface area contributed by atoms with Gasteiger partial charge in [-0.25, -0.2) is 9.59 Å². The number of amides is 1. The van der Waals surface area contributed by atoms with E-state index in [4.69, 9.17) is 42.1 Å². The third-order valence-corrected chi connectivity index (χ3v) is 5.28. The van der Waals surface area contributed by atoms with Gasteiger partial charge in [0.25, 0.3) is 0 Å². The minimum absolute atomic E-state index is 0.249. The number of hydrogen-bond acceptors (Lipinski definition) is 6. The number of carbonyl (C=O) groups excluding carboxylic acids is 1. The van der Waals surface area contributed by atoms with Crippen molar-refractivity contribution < 1.29 is 33.6 Å². The summed E-state index contributed by atoms with van der Waals surface area (Å²) in [6.45, 7) is 5.57. The Labute approximate surface area is 215 Å². The van der Waals surface area contributed by atoms with Gasteiger partial charge in [0, 0.05) is 29.6 Å². The zero-order chi connectivity index (χ0) is 25.6. The molecule has 0 aliphatic heterocycles. The van der Waals surface area contributed by atoms with Crippen molar-refractivity contribution in [2.75, 3.05) is 39.5 Å². The van der Waals surface area contributed by atoms with Crippen LogP contribution in [0.4, 0.5) is 4.79 Å². The lowest BCUT2D eigenvalue weighted by atomic mass is 10.1. The molecule has 0 saturated carbocycles. The fourth-order valence-electron chi connectivity index (χ4n) is 3.20. The lowest BCUT2D eigenvalue weighted by Gasteiger charge is -2.22. The Hall–Kier alpha value is -2.52. The fourth-order valence-corrected chi connectivity index (χ4v) is 3.77. The summed E-state index contributed by atoms with van der Waals surface area (Å²) in [6.07, 6.45) is -1.07. The van der Waals surface area contributed by atoms with Gasteiger partial charge < -0.3 is 29.0 Å². The molecule has 1 amide bonds. The van der Waals surface area contributed by atoms with Gasteiger partial charge >= 0.3 is 12.1 Å². The van der Waals surface area contributed by atoms with E-state index in [0.717, 1.165) is 11.1 Å². The van der Waals surface area contributed by atoms with E-state index in [2.05, 4.69) is 0 Å². The second-order valence-corrected chi connectivity index (χ2v) is 8.37. The monoisotopic (exact) mass is 527 g/mol. The van der Waals surface area contributed by atoms with Crippen molar-refractivity contribution in [1.29, 1.82) is 0 Å². The molecule has 1 N–H and O–H groups in total. The van der Waals surface area contributed by atoms with Crippen LogP contribution in [0, 0.1) is 0 Å². The summed E-state index contributed by atoms with van der Waals surface area (Å²) in [5.74, 6) is -0.387. The number of hydrogen-bond donors (Lipinski definition) is 1. The molecule has 0 aliphatic rings. The Balaban J connectivity index is 1.81. The highest BCUT2D eigenvalue weighted by Crippen LogP contribution is 2.19. The summed E-state index contributed by atoms with van der Waals surface area (Å²) in [5, 5.41) is 10.3. The Morgan fingerprint density at radius 3 is 2.20 bits per heavy atom. The van der Waals surface area contributed by atoms with Gasteiger partial charge in [-0.1, -0.05) is 35.3 Å². The van der Waals surface area contributed by atoms with Crippen molar-refractivity contribution in [3.8, 4) is 5.75 Å². The fraction of sp³-hybridized carbons (Fsp3) is 0.440. The van der Waals surface area contributed by atoms with Crippen LogP contribution in [0.3, 0.4) is 0 Å². The Morgan fingerprint density at radius 1 is 0.943 bits per heavy atom. The van der Waals surface area contributed by atoms with Crippen molar-refractivity contribution in [2.45, 2.75) is 33.0 Å². The van der Waals surface area contributed by atoms with Gasteiger partial charge in [0.15, 0.2) is 6.10 Å². The molecule has 2 rings (SSSR count). The maximum Gasteiger partial charge on any atom is 0.409 e. The summed E-state index contributed by atoms with van der Waals surface area (Å²) in [4.78, 5) is 25.1. The third kappa shape index (κ3) is 10.7. The number of halogens is 2. The van der Waals surface area contributed by atoms with Crippen LogP contribution in [0.15, 0.2) is 42.5 Å². The van der Waals surface area contributed by atoms with Crippen LogP contribution in [-0.2, 0) is 32.0 Å². The van der Waals surface area contributed by atoms with E-state index in [1.165, 1.54) is 4.90 Å². The molecule has 0 bridgehead atoms. The van der Waals surface area contributed by atoms with Gasteiger partial charge in [-0.2, -0.15) is 0 Å². The SMILES string of the molecule is CCOC(=O)N(CCOCc1cc(Cl)cc(Cl)c1)CCOc1ccc(CC(OCC)C(=O)O)cc1. The molecule has 0 spiro atoms. The summed E-state index contributed by atoms with van der Waals surface area (Å²) in [5.41, 5.74) is 1.66. The Bertz CT molecular complexity index is 920. The highest BCUT2D eigenvalue weighted by atomic mass is 35.5. The van der Waals surface area contributed by atoms with Gasteiger partial charge in [0.2, 0.25) is 0 Å². The van der Waals surface area contributed by atoms with Gasteiger partial charge in [-0.15, -0.1) is 0 Å². The van der Waals surface area contributed by atoms with Crippen molar-refractivity contribution in [3.05, 3.63) is 63.6 Å². The number of carboxylic acid groups (broad SMARTS) is 1. The first kappa shape index (κ1) is 28.7. The summed E-state index contributed by atoms with van der Waals surface area (Å²) >= 11 is 12.0. The van der Waals surface area contributed by atoms with E-state index in [9.17, 15) is 14.7 Å². The minimum atomic E-state index is -0.994. The van der Waals surface area contributed by atoms with E-state index in [-0.39, 0.29) is 19.6 Å². The van der Waals surface area contributed by atoms with Crippen molar-refractivity contribution in [1.82, 2.24) is 4.90 Å². The average Bonchev–Trinajstić information content (AvgIpc) is 2.80. The van der Waals surface area contributed by atoms with Gasteiger partial charge in [0.05, 0.1) is 26.4 Å². The second kappa shape index (κ2) is 15.5. The molecule has 0 heterocycles. The maximum absolute atomic E-state index is 12.3. The summed E-state index contributed by atoms with van der Waals surface area (Å²) in [6, 6.07) is 12.3. The van der Waals surface area contributed by atoms with Gasteiger partial charge in [0.1, 0.15) is 12.4 Å². The predicted octanol–water partition coefficient (Wildman–Crippen LogP) is 5.08. The smallest absolute Gasteiger partial charge is 0.409 e. The molecule has 8 nitrogen and oxygen atoms in total. The summed E-state index contributed by atoms with van der Waals surface area (Å²) in [7, 11) is 0. The molecule has 0 saturated heterocycles. The molecule has 1 atom stereocenters. The first-order valence-electron chi connectivity index (χ1n) is 11.3. The normalized spacial score (nSPS) is 11.7. The zero-order valence-electron chi connectivity index (χ0n) is 19.9. The Morgan fingerprint density at radius 2 is 1.60 bits per heavy atom. The first-order chi connectivity index (χ1) is 16.8. The highest BCUT2D eigenvalue weighted by molar-refractivity contribution is 6.34. The van der Waals surface area contributed by atoms with Gasteiger partial charge in [-0.3, -0.25) is 0 Å². The maximum atomic E-state index is 12.3. The number of aliphatic carboxylic acids is 1. The zero-order valence-corrected chi connectivity index (χ0v) is 21.4. The molecule has 35 heavy (non-hydrogen) atoms. The predicted molar refractivity (Wildman–Crippen MR) is 133 cm³/mol. The van der Waals surface area contributed by atoms with Gasteiger partial charge in [-0.05, 0) is 55.3 Å². The van der Waals surface area contributed by atoms with Crippen LogP contribution in [0.2, 0.25) is 10.0 Å². The van der Waals surface area contributed by atoms with E-state index >= 15 is 0 Å². The molecule has 0 aliphatic carbocycles. The van der Waals surface area contributed by atoms with Crippen LogP contribution in [-0.4, -0.2) is 67.7 Å². The van der Waals surface area contributed by atoms with E-state index in [0.29, 0.717) is 48.7 Å². The Kier molecular flexibility index (Phi) is 12.7. The topological polar surface area (TPSA) is 94.5 Å². The van der Waals surface area contributed by atoms with E-state index in [1.54, 1.807) is 56.3 Å². The quantitative estimate of drug-likeness (QED) is 0.322. The largest absolute Gasteiger partial charge is 0.492 e. The lowest BCUT2D eigenvalue weighted by molar-refractivity contribution is -0.149. The molecule has 1 unspecified atom stereocenters. The van der Waals surface area contributed by atoms with Crippen molar-refractivity contribution in [2.24, 2.45) is 0 Å². The molecule has 0 fully saturated rings. The molecule has 2 aromatic rings. The third-order valence-electron chi connectivity index (χ3n) is 4.84. The molecule has 0 radical (unpaired) electrons. The van der Waals surface area contributed by atoms with E-state index < -0.39 is 18.2 Å². The second-order valence-electron chi connectivity index (χ2n) is 7.50.